The molecule has 1 rings (SSSR count). The number of carbonyl (C=O) groups excluding carboxylic acids is 1. The zero-order valence-electron chi connectivity index (χ0n) is 6.34. The highest BCUT2D eigenvalue weighted by Gasteiger charge is 2.30. The first kappa shape index (κ1) is 8.09. The second-order valence-electron chi connectivity index (χ2n) is 2.80. The number of carbonyl (C=O) groups is 1. The number of amides is 1. The highest BCUT2D eigenvalue weighted by molar-refractivity contribution is 5.93. The molecule has 0 aromatic rings. The smallest absolute Gasteiger partial charge is 0.295 e. The van der Waals surface area contributed by atoms with Crippen LogP contribution in [0.1, 0.15) is 12.8 Å². The second-order valence-corrected chi connectivity index (χ2v) is 2.80. The first-order chi connectivity index (χ1) is 5.27. The summed E-state index contributed by atoms with van der Waals surface area (Å²) >= 11 is 0. The molecule has 3 heteroatoms. The standard InChI is InChI=1S/C8H12N2O/c1-2-8(11)10-7(5-9)6-3-4-6/h1,6-7H,3-5,9H2,(H,10,11). The zero-order valence-corrected chi connectivity index (χ0v) is 6.34. The Kier molecular flexibility index (Phi) is 2.50. The molecule has 0 radical (unpaired) electrons. The summed E-state index contributed by atoms with van der Waals surface area (Å²) in [5, 5.41) is 2.68. The van der Waals surface area contributed by atoms with Crippen molar-refractivity contribution in [3.8, 4) is 12.3 Å². The fourth-order valence-corrected chi connectivity index (χ4v) is 1.08. The second kappa shape index (κ2) is 3.40. The topological polar surface area (TPSA) is 55.1 Å². The molecule has 0 aromatic heterocycles. The molecule has 11 heavy (non-hydrogen) atoms. The minimum Gasteiger partial charge on any atom is -0.341 e. The molecule has 0 bridgehead atoms. The van der Waals surface area contributed by atoms with Gasteiger partial charge < -0.3 is 11.1 Å². The number of rotatable bonds is 3. The highest BCUT2D eigenvalue weighted by atomic mass is 16.1. The molecule has 60 valence electrons. The highest BCUT2D eigenvalue weighted by Crippen LogP contribution is 2.31. The van der Waals surface area contributed by atoms with E-state index in [1.807, 2.05) is 5.92 Å². The molecular formula is C8H12N2O. The van der Waals surface area contributed by atoms with Gasteiger partial charge in [0.2, 0.25) is 0 Å². The Balaban J connectivity index is 2.32. The molecule has 1 unspecified atom stereocenters. The van der Waals surface area contributed by atoms with Crippen LogP contribution in [-0.2, 0) is 4.79 Å². The molecule has 1 aliphatic carbocycles. The summed E-state index contributed by atoms with van der Waals surface area (Å²) in [6.45, 7) is 0.484. The van der Waals surface area contributed by atoms with E-state index in [4.69, 9.17) is 12.2 Å². The van der Waals surface area contributed by atoms with Crippen LogP contribution >= 0.6 is 0 Å². The van der Waals surface area contributed by atoms with E-state index in [9.17, 15) is 4.79 Å². The molecule has 1 fully saturated rings. The van der Waals surface area contributed by atoms with Crippen LogP contribution in [0.5, 0.6) is 0 Å². The Labute approximate surface area is 66.3 Å². The summed E-state index contributed by atoms with van der Waals surface area (Å²) in [6, 6.07) is 0.0959. The van der Waals surface area contributed by atoms with Gasteiger partial charge in [0.1, 0.15) is 0 Å². The van der Waals surface area contributed by atoms with Crippen molar-refractivity contribution in [2.24, 2.45) is 11.7 Å². The Morgan fingerprint density at radius 3 is 2.82 bits per heavy atom. The Morgan fingerprint density at radius 1 is 1.82 bits per heavy atom. The van der Waals surface area contributed by atoms with Gasteiger partial charge >= 0.3 is 0 Å². The summed E-state index contributed by atoms with van der Waals surface area (Å²) in [7, 11) is 0. The van der Waals surface area contributed by atoms with Crippen LogP contribution in [0.3, 0.4) is 0 Å². The Hall–Kier alpha value is -1.01. The van der Waals surface area contributed by atoms with Crippen molar-refractivity contribution in [1.29, 1.82) is 0 Å². The Bertz CT molecular complexity index is 191. The van der Waals surface area contributed by atoms with Gasteiger partial charge in [0.25, 0.3) is 5.91 Å². The number of nitrogens with two attached hydrogens (primary N) is 1. The molecule has 3 nitrogen and oxygen atoms in total. The predicted octanol–water partition coefficient (Wildman–Crippen LogP) is -0.527. The quantitative estimate of drug-likeness (QED) is 0.534. The van der Waals surface area contributed by atoms with Crippen molar-refractivity contribution >= 4 is 5.91 Å². The minimum absolute atomic E-state index is 0.0959. The SMILES string of the molecule is C#CC(=O)NC(CN)C1CC1. The first-order valence-corrected chi connectivity index (χ1v) is 3.75. The van der Waals surface area contributed by atoms with E-state index < -0.39 is 0 Å². The summed E-state index contributed by atoms with van der Waals surface area (Å²) in [4.78, 5) is 10.7. The van der Waals surface area contributed by atoms with Gasteiger partial charge in [0.15, 0.2) is 0 Å². The van der Waals surface area contributed by atoms with Crippen LogP contribution < -0.4 is 11.1 Å². The fourth-order valence-electron chi connectivity index (χ4n) is 1.08. The number of hydrogen-bond acceptors (Lipinski definition) is 2. The summed E-state index contributed by atoms with van der Waals surface area (Å²) in [5.41, 5.74) is 5.43. The molecule has 1 saturated carbocycles. The third-order valence-corrected chi connectivity index (χ3v) is 1.89. The van der Waals surface area contributed by atoms with Crippen LogP contribution in [-0.4, -0.2) is 18.5 Å². The van der Waals surface area contributed by atoms with Crippen LogP contribution in [0.4, 0.5) is 0 Å². The van der Waals surface area contributed by atoms with E-state index in [2.05, 4.69) is 5.32 Å². The van der Waals surface area contributed by atoms with Crippen molar-refractivity contribution in [2.45, 2.75) is 18.9 Å². The van der Waals surface area contributed by atoms with E-state index in [1.165, 1.54) is 0 Å². The minimum atomic E-state index is -0.354. The third-order valence-electron chi connectivity index (χ3n) is 1.89. The number of terminal acetylenes is 1. The lowest BCUT2D eigenvalue weighted by Crippen LogP contribution is -2.41. The number of hydrogen-bond donors (Lipinski definition) is 2. The third kappa shape index (κ3) is 2.24. The normalized spacial score (nSPS) is 18.5. The lowest BCUT2D eigenvalue weighted by Gasteiger charge is -2.12. The van der Waals surface area contributed by atoms with E-state index in [1.54, 1.807) is 0 Å². The Morgan fingerprint density at radius 2 is 2.45 bits per heavy atom. The fraction of sp³-hybridized carbons (Fsp3) is 0.625. The van der Waals surface area contributed by atoms with Crippen molar-refractivity contribution in [3.05, 3.63) is 0 Å². The van der Waals surface area contributed by atoms with Crippen molar-refractivity contribution in [3.63, 3.8) is 0 Å². The van der Waals surface area contributed by atoms with E-state index in [-0.39, 0.29) is 11.9 Å². The van der Waals surface area contributed by atoms with Gasteiger partial charge in [-0.3, -0.25) is 4.79 Å². The van der Waals surface area contributed by atoms with Crippen LogP contribution in [0.2, 0.25) is 0 Å². The van der Waals surface area contributed by atoms with E-state index in [0.29, 0.717) is 12.5 Å². The van der Waals surface area contributed by atoms with Gasteiger partial charge in [-0.2, -0.15) is 0 Å². The molecule has 1 atom stereocenters. The molecule has 0 spiro atoms. The van der Waals surface area contributed by atoms with Crippen molar-refractivity contribution in [2.75, 3.05) is 6.54 Å². The van der Waals surface area contributed by atoms with Gasteiger partial charge in [-0.15, -0.1) is 6.42 Å². The maximum absolute atomic E-state index is 10.7. The van der Waals surface area contributed by atoms with Crippen LogP contribution in [0.25, 0.3) is 0 Å². The maximum atomic E-state index is 10.7. The lowest BCUT2D eigenvalue weighted by atomic mass is 10.2. The molecule has 1 amide bonds. The molecule has 1 aliphatic rings. The molecule has 0 heterocycles. The predicted molar refractivity (Wildman–Crippen MR) is 42.5 cm³/mol. The molecule has 3 N–H and O–H groups in total. The largest absolute Gasteiger partial charge is 0.341 e. The molecular weight excluding hydrogens is 140 g/mol. The molecule has 0 aliphatic heterocycles. The van der Waals surface area contributed by atoms with Gasteiger partial charge in [-0.1, -0.05) is 0 Å². The average Bonchev–Trinajstić information content (AvgIpc) is 2.82. The van der Waals surface area contributed by atoms with Crippen molar-refractivity contribution in [1.82, 2.24) is 5.32 Å². The maximum Gasteiger partial charge on any atom is 0.295 e. The zero-order chi connectivity index (χ0) is 8.27. The van der Waals surface area contributed by atoms with Crippen LogP contribution in [0.15, 0.2) is 0 Å². The van der Waals surface area contributed by atoms with Gasteiger partial charge in [-0.25, -0.2) is 0 Å². The number of nitrogens with one attached hydrogen (secondary N) is 1. The summed E-state index contributed by atoms with van der Waals surface area (Å²) in [5.74, 6) is 2.22. The monoisotopic (exact) mass is 152 g/mol. The van der Waals surface area contributed by atoms with E-state index in [0.717, 1.165) is 12.8 Å². The van der Waals surface area contributed by atoms with E-state index >= 15 is 0 Å². The van der Waals surface area contributed by atoms with Gasteiger partial charge in [0, 0.05) is 12.6 Å². The van der Waals surface area contributed by atoms with Crippen molar-refractivity contribution < 1.29 is 4.79 Å². The summed E-state index contributed by atoms with van der Waals surface area (Å²) in [6.07, 6.45) is 7.21. The van der Waals surface area contributed by atoms with Gasteiger partial charge in [0.05, 0.1) is 0 Å². The van der Waals surface area contributed by atoms with Crippen LogP contribution in [0, 0.1) is 18.3 Å². The molecule has 0 aromatic carbocycles. The van der Waals surface area contributed by atoms with Gasteiger partial charge in [-0.05, 0) is 24.7 Å². The molecule has 0 saturated heterocycles. The average molecular weight is 152 g/mol. The summed E-state index contributed by atoms with van der Waals surface area (Å²) < 4.78 is 0. The first-order valence-electron chi connectivity index (χ1n) is 3.75. The lowest BCUT2D eigenvalue weighted by molar-refractivity contribution is -0.116.